The molecule has 2 rings (SSSR count). The van der Waals surface area contributed by atoms with Gasteiger partial charge in [-0.1, -0.05) is 0 Å². The van der Waals surface area contributed by atoms with Gasteiger partial charge in [-0.05, 0) is 51.9 Å². The lowest BCUT2D eigenvalue weighted by molar-refractivity contribution is 0.0947. The Kier molecular flexibility index (Phi) is 4.23. The Morgan fingerprint density at radius 2 is 2.56 bits per heavy atom. The average molecular weight is 301 g/mol. The summed E-state index contributed by atoms with van der Waals surface area (Å²) < 4.78 is 0.605. The molecule has 2 heterocycles. The highest BCUT2D eigenvalue weighted by molar-refractivity contribution is 9.10. The van der Waals surface area contributed by atoms with Crippen molar-refractivity contribution < 1.29 is 4.79 Å². The van der Waals surface area contributed by atoms with E-state index in [1.807, 2.05) is 11.8 Å². The van der Waals surface area contributed by atoms with Gasteiger partial charge in [-0.25, -0.2) is 4.98 Å². The van der Waals surface area contributed by atoms with E-state index >= 15 is 0 Å². The topological polar surface area (TPSA) is 42.0 Å². The molecule has 86 valence electrons. The molecule has 0 bridgehead atoms. The normalized spacial score (nSPS) is 19.7. The van der Waals surface area contributed by atoms with Crippen LogP contribution in [-0.2, 0) is 0 Å². The third-order valence-electron chi connectivity index (χ3n) is 2.58. The molecule has 0 spiro atoms. The third kappa shape index (κ3) is 2.98. The molecule has 3 nitrogen and oxygen atoms in total. The second-order valence-electron chi connectivity index (χ2n) is 3.78. The first-order chi connectivity index (χ1) is 7.77. The smallest absolute Gasteiger partial charge is 0.254 e. The van der Waals surface area contributed by atoms with Crippen LogP contribution < -0.4 is 5.32 Å². The van der Waals surface area contributed by atoms with E-state index in [1.54, 1.807) is 18.3 Å². The van der Waals surface area contributed by atoms with Crippen LogP contribution in [0.15, 0.2) is 22.9 Å². The number of aromatic nitrogens is 1. The molecule has 1 aromatic rings. The molecular formula is C11H13BrN2OS. The van der Waals surface area contributed by atoms with E-state index in [4.69, 9.17) is 0 Å². The fourth-order valence-electron chi connectivity index (χ4n) is 1.63. The maximum absolute atomic E-state index is 11.8. The van der Waals surface area contributed by atoms with Crippen molar-refractivity contribution in [2.24, 2.45) is 5.92 Å². The molecule has 0 aliphatic carbocycles. The SMILES string of the molecule is O=C(NCC1CCSC1)c1cccnc1Br. The van der Waals surface area contributed by atoms with Gasteiger partial charge < -0.3 is 5.32 Å². The third-order valence-corrected chi connectivity index (χ3v) is 4.44. The minimum atomic E-state index is -0.0446. The quantitative estimate of drug-likeness (QED) is 0.871. The number of hydrogen-bond acceptors (Lipinski definition) is 3. The van der Waals surface area contributed by atoms with E-state index in [2.05, 4.69) is 26.2 Å². The fraction of sp³-hybridized carbons (Fsp3) is 0.455. The lowest BCUT2D eigenvalue weighted by Crippen LogP contribution is -2.29. The Morgan fingerprint density at radius 3 is 3.25 bits per heavy atom. The highest BCUT2D eigenvalue weighted by Gasteiger charge is 2.17. The van der Waals surface area contributed by atoms with E-state index in [0.29, 0.717) is 16.1 Å². The Balaban J connectivity index is 1.90. The fourth-order valence-corrected chi connectivity index (χ4v) is 3.35. The van der Waals surface area contributed by atoms with E-state index in [1.165, 1.54) is 12.2 Å². The van der Waals surface area contributed by atoms with Crippen LogP contribution in [0.2, 0.25) is 0 Å². The number of amides is 1. The lowest BCUT2D eigenvalue weighted by atomic mass is 10.1. The minimum absolute atomic E-state index is 0.0446. The molecule has 1 fully saturated rings. The number of nitrogens with zero attached hydrogens (tertiary/aromatic N) is 1. The highest BCUT2D eigenvalue weighted by atomic mass is 79.9. The van der Waals surface area contributed by atoms with Crippen molar-refractivity contribution in [1.29, 1.82) is 0 Å². The molecule has 0 radical (unpaired) electrons. The van der Waals surface area contributed by atoms with Crippen molar-refractivity contribution in [3.8, 4) is 0 Å². The van der Waals surface area contributed by atoms with Gasteiger partial charge in [-0.15, -0.1) is 0 Å². The number of rotatable bonds is 3. The van der Waals surface area contributed by atoms with Gasteiger partial charge in [0.1, 0.15) is 4.60 Å². The summed E-state index contributed by atoms with van der Waals surface area (Å²) in [6, 6.07) is 3.54. The zero-order valence-corrected chi connectivity index (χ0v) is 11.2. The summed E-state index contributed by atoms with van der Waals surface area (Å²) in [7, 11) is 0. The molecule has 1 aliphatic rings. The van der Waals surface area contributed by atoms with Gasteiger partial charge in [0.05, 0.1) is 5.56 Å². The Hall–Kier alpha value is -0.550. The lowest BCUT2D eigenvalue weighted by Gasteiger charge is -2.10. The van der Waals surface area contributed by atoms with Gasteiger partial charge in [-0.3, -0.25) is 4.79 Å². The van der Waals surface area contributed by atoms with Crippen LogP contribution in [0.3, 0.4) is 0 Å². The van der Waals surface area contributed by atoms with E-state index in [9.17, 15) is 4.79 Å². The summed E-state index contributed by atoms with van der Waals surface area (Å²) >= 11 is 5.23. The predicted molar refractivity (Wildman–Crippen MR) is 69.7 cm³/mol. The molecule has 1 aliphatic heterocycles. The maximum atomic E-state index is 11.8. The molecular weight excluding hydrogens is 288 g/mol. The van der Waals surface area contributed by atoms with Crippen LogP contribution in [0.5, 0.6) is 0 Å². The van der Waals surface area contributed by atoms with Crippen molar-refractivity contribution in [3.05, 3.63) is 28.5 Å². The molecule has 16 heavy (non-hydrogen) atoms. The number of halogens is 1. The van der Waals surface area contributed by atoms with Crippen LogP contribution in [0.4, 0.5) is 0 Å². The Morgan fingerprint density at radius 1 is 1.69 bits per heavy atom. The van der Waals surface area contributed by atoms with E-state index < -0.39 is 0 Å². The van der Waals surface area contributed by atoms with Gasteiger partial charge in [-0.2, -0.15) is 11.8 Å². The number of thioether (sulfide) groups is 1. The second-order valence-corrected chi connectivity index (χ2v) is 5.68. The Bertz CT molecular complexity index is 380. The van der Waals surface area contributed by atoms with Gasteiger partial charge >= 0.3 is 0 Å². The number of carbonyl (C=O) groups excluding carboxylic acids is 1. The summed E-state index contributed by atoms with van der Waals surface area (Å²) in [5.41, 5.74) is 0.605. The summed E-state index contributed by atoms with van der Waals surface area (Å²) in [6.07, 6.45) is 2.87. The van der Waals surface area contributed by atoms with Gasteiger partial charge in [0.2, 0.25) is 0 Å². The molecule has 1 aromatic heterocycles. The zero-order valence-electron chi connectivity index (χ0n) is 8.78. The van der Waals surface area contributed by atoms with Crippen LogP contribution in [-0.4, -0.2) is 28.9 Å². The van der Waals surface area contributed by atoms with Crippen molar-refractivity contribution in [1.82, 2.24) is 10.3 Å². The molecule has 0 aromatic carbocycles. The van der Waals surface area contributed by atoms with Crippen LogP contribution in [0.1, 0.15) is 16.8 Å². The van der Waals surface area contributed by atoms with E-state index in [0.717, 1.165) is 12.3 Å². The average Bonchev–Trinajstić information content (AvgIpc) is 2.79. The first kappa shape index (κ1) is 11.9. The maximum Gasteiger partial charge on any atom is 0.254 e. The van der Waals surface area contributed by atoms with Crippen molar-refractivity contribution in [3.63, 3.8) is 0 Å². The number of hydrogen-bond donors (Lipinski definition) is 1. The number of pyridine rings is 1. The number of carbonyl (C=O) groups is 1. The van der Waals surface area contributed by atoms with Crippen LogP contribution in [0, 0.1) is 5.92 Å². The van der Waals surface area contributed by atoms with Crippen LogP contribution >= 0.6 is 27.7 Å². The van der Waals surface area contributed by atoms with Gasteiger partial charge in [0.15, 0.2) is 0 Å². The molecule has 1 unspecified atom stereocenters. The molecule has 1 saturated heterocycles. The summed E-state index contributed by atoms with van der Waals surface area (Å²) in [5, 5.41) is 2.96. The number of nitrogens with one attached hydrogen (secondary N) is 1. The summed E-state index contributed by atoms with van der Waals surface area (Å²) in [6.45, 7) is 0.771. The monoisotopic (exact) mass is 300 g/mol. The molecule has 1 amide bonds. The second kappa shape index (κ2) is 5.68. The molecule has 1 N–H and O–H groups in total. The molecule has 0 saturated carbocycles. The van der Waals surface area contributed by atoms with Crippen molar-refractivity contribution >= 4 is 33.6 Å². The first-order valence-corrected chi connectivity index (χ1v) is 7.18. The minimum Gasteiger partial charge on any atom is -0.352 e. The van der Waals surface area contributed by atoms with Gasteiger partial charge in [0.25, 0.3) is 5.91 Å². The molecule has 1 atom stereocenters. The Labute approximate surface area is 108 Å². The standard InChI is InChI=1S/C11H13BrN2OS/c12-10-9(2-1-4-13-10)11(15)14-6-8-3-5-16-7-8/h1-2,4,8H,3,5-7H2,(H,14,15). The predicted octanol–water partition coefficient (Wildman–Crippen LogP) is 2.33. The van der Waals surface area contributed by atoms with Crippen LogP contribution in [0.25, 0.3) is 0 Å². The molecule has 5 heteroatoms. The largest absolute Gasteiger partial charge is 0.352 e. The van der Waals surface area contributed by atoms with Crippen molar-refractivity contribution in [2.75, 3.05) is 18.1 Å². The zero-order chi connectivity index (χ0) is 11.4. The van der Waals surface area contributed by atoms with Gasteiger partial charge in [0, 0.05) is 12.7 Å². The summed E-state index contributed by atoms with van der Waals surface area (Å²) in [5.74, 6) is 2.97. The van der Waals surface area contributed by atoms with E-state index in [-0.39, 0.29) is 5.91 Å². The highest BCUT2D eigenvalue weighted by Crippen LogP contribution is 2.22. The van der Waals surface area contributed by atoms with Crippen molar-refractivity contribution in [2.45, 2.75) is 6.42 Å². The first-order valence-electron chi connectivity index (χ1n) is 5.24. The summed E-state index contributed by atoms with van der Waals surface area (Å²) in [4.78, 5) is 15.9.